The van der Waals surface area contributed by atoms with E-state index >= 15 is 0 Å². The lowest BCUT2D eigenvalue weighted by molar-refractivity contribution is -0.122. The number of nitrogens with zero attached hydrogens (tertiary/aromatic N) is 1. The number of carbonyl (C=O) groups excluding carboxylic acids is 1. The van der Waals surface area contributed by atoms with Crippen LogP contribution in [-0.4, -0.2) is 46.1 Å². The predicted octanol–water partition coefficient (Wildman–Crippen LogP) is 1.96. The Morgan fingerprint density at radius 3 is 2.66 bits per heavy atom. The van der Waals surface area contributed by atoms with Crippen molar-refractivity contribution in [2.45, 2.75) is 57.1 Å². The lowest BCUT2D eigenvalue weighted by atomic mass is 9.72. The molecular formula is C23H28BN3O5. The number of rotatable bonds is 7. The molecule has 168 valence electrons. The van der Waals surface area contributed by atoms with Gasteiger partial charge in [-0.25, -0.2) is 4.79 Å². The Labute approximate surface area is 187 Å². The van der Waals surface area contributed by atoms with Gasteiger partial charge in [0.1, 0.15) is 5.75 Å². The number of aromatic carboxylic acids is 1. The van der Waals surface area contributed by atoms with Crippen molar-refractivity contribution >= 4 is 19.0 Å². The van der Waals surface area contributed by atoms with E-state index in [1.165, 1.54) is 6.07 Å². The maximum Gasteiger partial charge on any atom is 0.547 e. The van der Waals surface area contributed by atoms with Crippen LogP contribution in [0.15, 0.2) is 42.6 Å². The van der Waals surface area contributed by atoms with E-state index in [4.69, 9.17) is 4.65 Å². The molecule has 1 aromatic carbocycles. The van der Waals surface area contributed by atoms with Gasteiger partial charge in [-0.1, -0.05) is 18.2 Å². The van der Waals surface area contributed by atoms with E-state index in [2.05, 4.69) is 15.6 Å². The zero-order valence-electron chi connectivity index (χ0n) is 17.9. The summed E-state index contributed by atoms with van der Waals surface area (Å²) in [6.07, 6.45) is 6.52. The average molecular weight is 437 g/mol. The van der Waals surface area contributed by atoms with Crippen molar-refractivity contribution in [3.63, 3.8) is 0 Å². The highest BCUT2D eigenvalue weighted by atomic mass is 16.5. The fourth-order valence-electron chi connectivity index (χ4n) is 4.57. The first kappa shape index (κ1) is 22.3. The van der Waals surface area contributed by atoms with Gasteiger partial charge in [-0.05, 0) is 61.8 Å². The van der Waals surface area contributed by atoms with Crippen molar-refractivity contribution in [1.82, 2.24) is 15.6 Å². The summed E-state index contributed by atoms with van der Waals surface area (Å²) in [6, 6.07) is 11.2. The number of para-hydroxylation sites is 1. The van der Waals surface area contributed by atoms with Gasteiger partial charge in [-0.15, -0.1) is 0 Å². The molecule has 2 aliphatic rings. The Morgan fingerprint density at radius 1 is 1.12 bits per heavy atom. The van der Waals surface area contributed by atoms with Crippen LogP contribution in [0.5, 0.6) is 5.75 Å². The number of amides is 1. The van der Waals surface area contributed by atoms with E-state index in [0.29, 0.717) is 30.4 Å². The molecular weight excluding hydrogens is 409 g/mol. The highest BCUT2D eigenvalue weighted by Crippen LogP contribution is 2.31. The van der Waals surface area contributed by atoms with Gasteiger partial charge in [-0.2, -0.15) is 0 Å². The van der Waals surface area contributed by atoms with E-state index in [1.807, 2.05) is 18.2 Å². The van der Waals surface area contributed by atoms with Crippen molar-refractivity contribution in [2.75, 3.05) is 0 Å². The molecule has 1 saturated carbocycles. The SMILES string of the molecule is O=C(CC1CCC(NCc2ccccn2)CC1)NC1Cc2cccc(C(=O)O)c2OB1O. The first-order chi connectivity index (χ1) is 15.5. The molecule has 9 heteroatoms. The maximum absolute atomic E-state index is 12.6. The van der Waals surface area contributed by atoms with E-state index in [9.17, 15) is 19.7 Å². The second-order valence-electron chi connectivity index (χ2n) is 8.61. The molecule has 32 heavy (non-hydrogen) atoms. The Balaban J connectivity index is 1.23. The third-order valence-electron chi connectivity index (χ3n) is 6.31. The molecule has 8 nitrogen and oxygen atoms in total. The summed E-state index contributed by atoms with van der Waals surface area (Å²) in [5, 5.41) is 26.0. The number of carbonyl (C=O) groups is 2. The van der Waals surface area contributed by atoms with Crippen molar-refractivity contribution < 1.29 is 24.4 Å². The van der Waals surface area contributed by atoms with Crippen molar-refractivity contribution in [3.8, 4) is 5.75 Å². The number of hydrogen-bond donors (Lipinski definition) is 4. The van der Waals surface area contributed by atoms with Gasteiger partial charge in [0.05, 0.1) is 17.2 Å². The minimum Gasteiger partial charge on any atom is -0.534 e. The third-order valence-corrected chi connectivity index (χ3v) is 6.31. The molecule has 1 aliphatic heterocycles. The zero-order valence-corrected chi connectivity index (χ0v) is 17.9. The minimum atomic E-state index is -1.28. The Hall–Kier alpha value is -2.91. The van der Waals surface area contributed by atoms with Gasteiger partial charge >= 0.3 is 13.1 Å². The van der Waals surface area contributed by atoms with Crippen LogP contribution in [0.3, 0.4) is 0 Å². The minimum absolute atomic E-state index is 0.0136. The standard InChI is InChI=1S/C23H28BN3O5/c28-21(12-15-7-9-17(10-8-15)26-14-18-5-1-2-11-25-18)27-20-13-16-4-3-6-19(23(29)30)22(16)32-24(20)31/h1-6,11,15,17,20,26,31H,7-10,12-14H2,(H,27,28)(H,29,30). The average Bonchev–Trinajstić information content (AvgIpc) is 2.79. The quantitative estimate of drug-likeness (QED) is 0.489. The molecule has 1 aliphatic carbocycles. The molecule has 4 rings (SSSR count). The van der Waals surface area contributed by atoms with Gasteiger partial charge < -0.3 is 25.4 Å². The molecule has 0 saturated heterocycles. The monoisotopic (exact) mass is 437 g/mol. The van der Waals surface area contributed by atoms with E-state index in [0.717, 1.165) is 37.9 Å². The number of benzene rings is 1. The molecule has 0 radical (unpaired) electrons. The Morgan fingerprint density at radius 2 is 1.94 bits per heavy atom. The summed E-state index contributed by atoms with van der Waals surface area (Å²) in [5.74, 6) is -1.33. The summed E-state index contributed by atoms with van der Waals surface area (Å²) in [5.41, 5.74) is 1.71. The summed E-state index contributed by atoms with van der Waals surface area (Å²) >= 11 is 0. The van der Waals surface area contributed by atoms with Crippen LogP contribution < -0.4 is 15.3 Å². The number of nitrogens with one attached hydrogen (secondary N) is 2. The van der Waals surface area contributed by atoms with Gasteiger partial charge in [0, 0.05) is 25.2 Å². The van der Waals surface area contributed by atoms with E-state index in [1.54, 1.807) is 18.3 Å². The second kappa shape index (κ2) is 10.1. The fraction of sp³-hybridized carbons (Fsp3) is 0.435. The topological polar surface area (TPSA) is 121 Å². The van der Waals surface area contributed by atoms with Gasteiger partial charge in [0.15, 0.2) is 0 Å². The van der Waals surface area contributed by atoms with Gasteiger partial charge in [-0.3, -0.25) is 9.78 Å². The molecule has 1 unspecified atom stereocenters. The number of pyridine rings is 1. The van der Waals surface area contributed by atoms with Gasteiger partial charge in [0.2, 0.25) is 5.91 Å². The van der Waals surface area contributed by atoms with Gasteiger partial charge in [0.25, 0.3) is 0 Å². The van der Waals surface area contributed by atoms with E-state index < -0.39 is 19.0 Å². The Kier molecular flexibility index (Phi) is 7.07. The number of fused-ring (bicyclic) bond motifs is 1. The third kappa shape index (κ3) is 5.47. The van der Waals surface area contributed by atoms with E-state index in [-0.39, 0.29) is 17.2 Å². The van der Waals surface area contributed by atoms with Crippen molar-refractivity contribution in [3.05, 3.63) is 59.4 Å². The van der Waals surface area contributed by atoms with Crippen LogP contribution in [0.25, 0.3) is 0 Å². The number of carboxylic acid groups (broad SMARTS) is 1. The molecule has 1 atom stereocenters. The molecule has 1 aromatic heterocycles. The highest BCUT2D eigenvalue weighted by Gasteiger charge is 2.38. The lowest BCUT2D eigenvalue weighted by Gasteiger charge is -2.31. The molecule has 4 N–H and O–H groups in total. The predicted molar refractivity (Wildman–Crippen MR) is 119 cm³/mol. The van der Waals surface area contributed by atoms with Crippen molar-refractivity contribution in [1.29, 1.82) is 0 Å². The van der Waals surface area contributed by atoms with Crippen LogP contribution in [-0.2, 0) is 17.8 Å². The zero-order chi connectivity index (χ0) is 22.5. The summed E-state index contributed by atoms with van der Waals surface area (Å²) in [4.78, 5) is 28.3. The number of hydrogen-bond acceptors (Lipinski definition) is 6. The summed E-state index contributed by atoms with van der Waals surface area (Å²) in [6.45, 7) is 0.751. The van der Waals surface area contributed by atoms with Crippen molar-refractivity contribution in [2.24, 2.45) is 5.92 Å². The Bertz CT molecular complexity index is 950. The molecule has 1 amide bonds. The number of aromatic nitrogens is 1. The first-order valence-electron chi connectivity index (χ1n) is 11.1. The molecule has 2 aromatic rings. The molecule has 2 heterocycles. The second-order valence-corrected chi connectivity index (χ2v) is 8.61. The van der Waals surface area contributed by atoms with Crippen LogP contribution in [0.4, 0.5) is 0 Å². The smallest absolute Gasteiger partial charge is 0.534 e. The van der Waals surface area contributed by atoms with Crippen LogP contribution in [0.2, 0.25) is 0 Å². The number of carboxylic acids is 1. The normalized spacial score (nSPS) is 22.5. The highest BCUT2D eigenvalue weighted by molar-refractivity contribution is 6.47. The van der Waals surface area contributed by atoms with Crippen LogP contribution in [0.1, 0.15) is 53.7 Å². The summed E-state index contributed by atoms with van der Waals surface area (Å²) in [7, 11) is -1.28. The molecule has 0 spiro atoms. The lowest BCUT2D eigenvalue weighted by Crippen LogP contribution is -2.53. The molecule has 1 fully saturated rings. The maximum atomic E-state index is 12.6. The fourth-order valence-corrected chi connectivity index (χ4v) is 4.57. The molecule has 0 bridgehead atoms. The van der Waals surface area contributed by atoms with Crippen LogP contribution >= 0.6 is 0 Å². The van der Waals surface area contributed by atoms with Crippen LogP contribution in [0, 0.1) is 5.92 Å². The summed E-state index contributed by atoms with van der Waals surface area (Å²) < 4.78 is 5.45. The first-order valence-corrected chi connectivity index (χ1v) is 11.1. The largest absolute Gasteiger partial charge is 0.547 e.